The summed E-state index contributed by atoms with van der Waals surface area (Å²) in [6.07, 6.45) is 4.32. The highest BCUT2D eigenvalue weighted by Gasteiger charge is 2.30. The third-order valence-electron chi connectivity index (χ3n) is 5.65. The van der Waals surface area contributed by atoms with E-state index in [0.29, 0.717) is 45.8 Å². The molecule has 4 heterocycles. The number of ether oxygens (including phenoxy) is 2. The summed E-state index contributed by atoms with van der Waals surface area (Å²) < 4.78 is 10.2. The number of amides is 1. The van der Waals surface area contributed by atoms with Gasteiger partial charge in [0, 0.05) is 52.0 Å². The third-order valence-corrected chi connectivity index (χ3v) is 5.65. The van der Waals surface area contributed by atoms with Crippen molar-refractivity contribution in [3.63, 3.8) is 0 Å². The summed E-state index contributed by atoms with van der Waals surface area (Å²) >= 11 is 0. The van der Waals surface area contributed by atoms with Crippen LogP contribution in [0.1, 0.15) is 38.5 Å². The van der Waals surface area contributed by atoms with Crippen LogP contribution in [-0.4, -0.2) is 96.9 Å². The number of hydrogen-bond acceptors (Lipinski definition) is 7. The number of hydrogen-bond donors (Lipinski definition) is 4. The maximum atomic E-state index is 11.9. The van der Waals surface area contributed by atoms with Crippen molar-refractivity contribution in [2.75, 3.05) is 52.6 Å². The number of carboxylic acids is 1. The number of halogens is 1. The molecule has 176 valence electrons. The molecule has 0 saturated carbocycles. The molecule has 4 N–H and O–H groups in total. The van der Waals surface area contributed by atoms with Crippen molar-refractivity contribution in [2.24, 2.45) is 11.8 Å². The van der Waals surface area contributed by atoms with Gasteiger partial charge in [0.05, 0.1) is 18.1 Å². The van der Waals surface area contributed by atoms with Gasteiger partial charge < -0.3 is 35.0 Å². The highest BCUT2D eigenvalue weighted by Crippen LogP contribution is 2.20. The predicted octanol–water partition coefficient (Wildman–Crippen LogP) is 0.266. The summed E-state index contributed by atoms with van der Waals surface area (Å²) in [7, 11) is 0. The number of aliphatic hydroxyl groups excluding tert-OH is 2. The first kappa shape index (κ1) is 27.1. The van der Waals surface area contributed by atoms with E-state index in [2.05, 4.69) is 5.32 Å². The average Bonchev–Trinajstić information content (AvgIpc) is 3.41. The third kappa shape index (κ3) is 9.89. The molecule has 10 heteroatoms. The second-order valence-electron chi connectivity index (χ2n) is 7.98. The molecule has 9 nitrogen and oxygen atoms in total. The lowest BCUT2D eigenvalue weighted by atomic mass is 9.99. The lowest BCUT2D eigenvalue weighted by Gasteiger charge is -2.26. The van der Waals surface area contributed by atoms with Crippen LogP contribution in [0.4, 0.5) is 0 Å². The molecule has 0 unspecified atom stereocenters. The zero-order valence-electron chi connectivity index (χ0n) is 17.5. The number of aliphatic hydroxyl groups is 2. The molecule has 1 amide bonds. The molecule has 0 aromatic heterocycles. The summed E-state index contributed by atoms with van der Waals surface area (Å²) in [6.45, 7) is 5.64. The number of carbonyl (C=O) groups is 2. The Hall–Kier alpha value is -0.970. The van der Waals surface area contributed by atoms with E-state index < -0.39 is 5.97 Å². The van der Waals surface area contributed by atoms with Gasteiger partial charge in [0.2, 0.25) is 5.91 Å². The Morgan fingerprint density at radius 3 is 1.73 bits per heavy atom. The summed E-state index contributed by atoms with van der Waals surface area (Å²) in [6, 6.07) is 0. The van der Waals surface area contributed by atoms with Crippen LogP contribution in [-0.2, 0) is 19.1 Å². The van der Waals surface area contributed by atoms with Crippen molar-refractivity contribution < 1.29 is 34.4 Å². The number of carboxylic acid groups (broad SMARTS) is 1. The van der Waals surface area contributed by atoms with Gasteiger partial charge in [-0.25, -0.2) is 0 Å². The Bertz CT molecular complexity index is 487. The van der Waals surface area contributed by atoms with Gasteiger partial charge in [-0.1, -0.05) is 0 Å². The lowest BCUT2D eigenvalue weighted by molar-refractivity contribution is -0.144. The Labute approximate surface area is 184 Å². The van der Waals surface area contributed by atoms with E-state index >= 15 is 0 Å². The Kier molecular flexibility index (Phi) is 13.5. The van der Waals surface area contributed by atoms with E-state index in [9.17, 15) is 14.7 Å². The number of nitrogens with one attached hydrogen (secondary N) is 1. The zero-order valence-corrected chi connectivity index (χ0v) is 18.4. The summed E-state index contributed by atoms with van der Waals surface area (Å²) in [5.41, 5.74) is 0. The van der Waals surface area contributed by atoms with Crippen molar-refractivity contribution in [1.82, 2.24) is 10.2 Å². The fourth-order valence-electron chi connectivity index (χ4n) is 3.73. The molecule has 0 aromatic rings. The van der Waals surface area contributed by atoms with Gasteiger partial charge in [-0.15, -0.1) is 12.4 Å². The molecule has 4 saturated heterocycles. The van der Waals surface area contributed by atoms with Crippen LogP contribution in [0.25, 0.3) is 0 Å². The van der Waals surface area contributed by atoms with Gasteiger partial charge in [-0.05, 0) is 45.1 Å². The highest BCUT2D eigenvalue weighted by atomic mass is 35.5. The largest absolute Gasteiger partial charge is 0.481 e. The average molecular weight is 453 g/mol. The molecule has 0 radical (unpaired) electrons. The van der Waals surface area contributed by atoms with Crippen molar-refractivity contribution in [3.8, 4) is 0 Å². The number of aliphatic carboxylic acids is 1. The molecular weight excluding hydrogens is 416 g/mol. The first-order chi connectivity index (χ1) is 14.0. The van der Waals surface area contributed by atoms with Crippen LogP contribution >= 0.6 is 12.4 Å². The van der Waals surface area contributed by atoms with E-state index in [0.717, 1.165) is 45.3 Å². The number of likely N-dealkylation sites (tertiary alicyclic amines) is 1. The van der Waals surface area contributed by atoms with Crippen LogP contribution in [0.2, 0.25) is 0 Å². The normalized spacial score (nSPS) is 27.2. The van der Waals surface area contributed by atoms with Gasteiger partial charge in [0.15, 0.2) is 0 Å². The quantitative estimate of drug-likeness (QED) is 0.470. The van der Waals surface area contributed by atoms with Crippen LogP contribution in [0.15, 0.2) is 0 Å². The summed E-state index contributed by atoms with van der Waals surface area (Å²) in [5, 5.41) is 29.5. The van der Waals surface area contributed by atoms with Crippen molar-refractivity contribution >= 4 is 24.3 Å². The van der Waals surface area contributed by atoms with Gasteiger partial charge in [0.25, 0.3) is 0 Å². The minimum Gasteiger partial charge on any atom is -0.481 e. The number of carbonyl (C=O) groups excluding carboxylic acids is 1. The lowest BCUT2D eigenvalue weighted by Crippen LogP contribution is -2.37. The summed E-state index contributed by atoms with van der Waals surface area (Å²) in [5.74, 6) is -0.490. The standard InChI is InChI=1S/C10H17NO3.C6H10O3.C4H9NO.ClH/c12-9-1-4-11(7-9)10(13)8-2-5-14-6-3-8;7-6(8)5-1-3-9-4-2-5;6-4-1-2-5-3-4;/h8-9,12H,1-7H2;5H,1-4H2,(H,7,8);4-6H,1-3H2;1H/t9-;;4-;/m1.1./s1. The van der Waals surface area contributed by atoms with Crippen LogP contribution in [0.3, 0.4) is 0 Å². The van der Waals surface area contributed by atoms with Crippen molar-refractivity contribution in [1.29, 1.82) is 0 Å². The zero-order chi connectivity index (χ0) is 21.1. The fourth-order valence-corrected chi connectivity index (χ4v) is 3.73. The number of nitrogens with zero attached hydrogens (tertiary/aromatic N) is 1. The van der Waals surface area contributed by atoms with E-state index in [1.165, 1.54) is 0 Å². The highest BCUT2D eigenvalue weighted by molar-refractivity contribution is 5.85. The van der Waals surface area contributed by atoms with E-state index in [1.54, 1.807) is 4.90 Å². The molecule has 2 atom stereocenters. The first-order valence-electron chi connectivity index (χ1n) is 10.7. The van der Waals surface area contributed by atoms with Gasteiger partial charge in [0.1, 0.15) is 0 Å². The minimum atomic E-state index is -0.682. The monoisotopic (exact) mass is 452 g/mol. The molecule has 30 heavy (non-hydrogen) atoms. The molecule has 0 aliphatic carbocycles. The van der Waals surface area contributed by atoms with Crippen LogP contribution in [0, 0.1) is 11.8 Å². The predicted molar refractivity (Wildman–Crippen MR) is 113 cm³/mol. The Morgan fingerprint density at radius 2 is 1.40 bits per heavy atom. The number of rotatable bonds is 2. The second kappa shape index (κ2) is 14.9. The summed E-state index contributed by atoms with van der Waals surface area (Å²) in [4.78, 5) is 24.0. The van der Waals surface area contributed by atoms with Gasteiger partial charge in [-0.2, -0.15) is 0 Å². The van der Waals surface area contributed by atoms with E-state index in [4.69, 9.17) is 19.7 Å². The smallest absolute Gasteiger partial charge is 0.306 e. The first-order valence-corrected chi connectivity index (χ1v) is 10.7. The Balaban J connectivity index is 0.000000242. The molecule has 4 aliphatic rings. The van der Waals surface area contributed by atoms with E-state index in [-0.39, 0.29) is 42.4 Å². The topological polar surface area (TPSA) is 129 Å². The second-order valence-corrected chi connectivity index (χ2v) is 7.98. The maximum absolute atomic E-state index is 11.9. The molecule has 4 aliphatic heterocycles. The van der Waals surface area contributed by atoms with Gasteiger partial charge >= 0.3 is 5.97 Å². The molecule has 4 fully saturated rings. The molecule has 0 aromatic carbocycles. The van der Waals surface area contributed by atoms with Crippen LogP contribution < -0.4 is 5.32 Å². The fraction of sp³-hybridized carbons (Fsp3) is 0.900. The molecule has 4 rings (SSSR count). The minimum absolute atomic E-state index is 0. The Morgan fingerprint density at radius 1 is 0.833 bits per heavy atom. The number of β-amino-alcohol motifs (C(OH)–C–C–N with tert-alkyl or cyclic N) is 2. The van der Waals surface area contributed by atoms with Crippen molar-refractivity contribution in [3.05, 3.63) is 0 Å². The van der Waals surface area contributed by atoms with E-state index in [1.807, 2.05) is 0 Å². The molecule has 0 bridgehead atoms. The maximum Gasteiger partial charge on any atom is 0.306 e. The van der Waals surface area contributed by atoms with Crippen LogP contribution in [0.5, 0.6) is 0 Å². The van der Waals surface area contributed by atoms with Crippen molar-refractivity contribution in [2.45, 2.75) is 50.7 Å². The molecule has 0 spiro atoms. The SMILES string of the molecule is Cl.O=C(C1CCOCC1)N1CC[C@@H](O)C1.O=C(O)C1CCOCC1.O[C@@H]1CCNC1. The van der Waals surface area contributed by atoms with Gasteiger partial charge in [-0.3, -0.25) is 9.59 Å². The molecular formula is C20H37ClN2O7.